The molecule has 0 bridgehead atoms. The molecule has 182 valence electrons. The minimum absolute atomic E-state index is 0.00815. The Hall–Kier alpha value is -1.30. The van der Waals surface area contributed by atoms with E-state index in [0.717, 1.165) is 29.2 Å². The van der Waals surface area contributed by atoms with Gasteiger partial charge >= 0.3 is 0 Å². The van der Waals surface area contributed by atoms with Gasteiger partial charge in [0, 0.05) is 22.2 Å². The average molecular weight is 489 g/mol. The molecule has 0 saturated carbocycles. The Balaban J connectivity index is 2.27. The lowest BCUT2D eigenvalue weighted by molar-refractivity contribution is 0.385. The molecule has 2 atom stereocenters. The molecule has 3 rings (SSSR count). The van der Waals surface area contributed by atoms with Crippen molar-refractivity contribution in [2.75, 3.05) is 6.16 Å². The summed E-state index contributed by atoms with van der Waals surface area (Å²) in [6.07, 6.45) is 0.979. The van der Waals surface area contributed by atoms with Crippen LogP contribution in [0.5, 0.6) is 23.0 Å². The van der Waals surface area contributed by atoms with E-state index >= 15 is 0 Å². The van der Waals surface area contributed by atoms with E-state index in [1.807, 2.05) is 0 Å². The van der Waals surface area contributed by atoms with E-state index in [4.69, 9.17) is 13.8 Å². The minimum atomic E-state index is -0.252. The van der Waals surface area contributed by atoms with Gasteiger partial charge in [0.15, 0.2) is 23.0 Å². The molecular weight excluding hydrogens is 446 g/mol. The van der Waals surface area contributed by atoms with Crippen LogP contribution in [0.15, 0.2) is 24.3 Å². The fraction of sp³-hybridized carbons (Fsp3) is 0.571. The molecule has 0 fully saturated rings. The van der Waals surface area contributed by atoms with Gasteiger partial charge in [-0.2, -0.15) is 0 Å². The van der Waals surface area contributed by atoms with Gasteiger partial charge in [-0.3, -0.25) is 0 Å². The monoisotopic (exact) mass is 488 g/mol. The summed E-state index contributed by atoms with van der Waals surface area (Å²) >= 11 is 0. The summed E-state index contributed by atoms with van der Waals surface area (Å²) in [5.41, 5.74) is 5.12. The summed E-state index contributed by atoms with van der Waals surface area (Å²) < 4.78 is 19.3. The van der Waals surface area contributed by atoms with Crippen LogP contribution >= 0.6 is 17.6 Å². The Morgan fingerprint density at radius 2 is 1.27 bits per heavy atom. The lowest BCUT2D eigenvalue weighted by Crippen LogP contribution is -2.27. The molecule has 0 saturated heterocycles. The van der Waals surface area contributed by atoms with Crippen LogP contribution in [0.25, 0.3) is 0 Å². The largest absolute Gasteiger partial charge is 0.473 e. The number of rotatable bonds is 6. The molecule has 2 unspecified atom stereocenters. The van der Waals surface area contributed by atoms with Gasteiger partial charge in [0.05, 0.1) is 17.6 Å². The highest BCUT2D eigenvalue weighted by Crippen LogP contribution is 2.57. The van der Waals surface area contributed by atoms with Gasteiger partial charge in [0.25, 0.3) is 0 Å². The fourth-order valence-electron chi connectivity index (χ4n) is 3.94. The first-order chi connectivity index (χ1) is 15.2. The number of ether oxygens (including phenoxy) is 1. The van der Waals surface area contributed by atoms with Gasteiger partial charge in [-0.05, 0) is 40.3 Å². The molecule has 0 N–H and O–H groups in total. The Morgan fingerprint density at radius 1 is 0.818 bits per heavy atom. The molecule has 3 nitrogen and oxygen atoms in total. The molecule has 0 aliphatic carbocycles. The van der Waals surface area contributed by atoms with E-state index in [1.54, 1.807) is 0 Å². The maximum Gasteiger partial charge on any atom is 0.173 e. The Bertz CT molecular complexity index is 1010. The van der Waals surface area contributed by atoms with Crippen molar-refractivity contribution in [3.05, 3.63) is 46.5 Å². The van der Waals surface area contributed by atoms with Gasteiger partial charge in [0.2, 0.25) is 0 Å². The molecule has 0 amide bonds. The van der Waals surface area contributed by atoms with Crippen LogP contribution in [0.3, 0.4) is 0 Å². The first-order valence-electron chi connectivity index (χ1n) is 12.0. The molecule has 1 aliphatic heterocycles. The molecule has 0 radical (unpaired) electrons. The number of fused-ring (bicyclic) bond motifs is 2. The maximum atomic E-state index is 6.70. The molecule has 2 aromatic carbocycles. The Morgan fingerprint density at radius 3 is 1.67 bits per heavy atom. The second kappa shape index (κ2) is 9.39. The van der Waals surface area contributed by atoms with Crippen molar-refractivity contribution in [1.29, 1.82) is 0 Å². The van der Waals surface area contributed by atoms with Crippen LogP contribution < -0.4 is 13.8 Å². The van der Waals surface area contributed by atoms with E-state index in [2.05, 4.69) is 100 Å². The molecule has 2 aromatic rings. The molecule has 1 aliphatic rings. The average Bonchev–Trinajstić information content (AvgIpc) is 2.69. The number of hydrogen-bond acceptors (Lipinski definition) is 3. The van der Waals surface area contributed by atoms with Crippen molar-refractivity contribution in [1.82, 2.24) is 0 Å². The first kappa shape index (κ1) is 26.3. The smallest absolute Gasteiger partial charge is 0.173 e. The van der Waals surface area contributed by atoms with Crippen molar-refractivity contribution in [3.8, 4) is 23.0 Å². The highest BCUT2D eigenvalue weighted by Gasteiger charge is 2.40. The first-order valence-corrected chi connectivity index (χ1v) is 14.1. The molecule has 0 aromatic heterocycles. The van der Waals surface area contributed by atoms with E-state index in [9.17, 15) is 0 Å². The summed E-state index contributed by atoms with van der Waals surface area (Å²) in [6.45, 7) is 24.6. The summed E-state index contributed by atoms with van der Waals surface area (Å²) in [5.74, 6) is 3.35. The predicted octanol–water partition coefficient (Wildman–Crippen LogP) is 9.09. The molecule has 1 heterocycles. The second-order valence-electron chi connectivity index (χ2n) is 11.9. The van der Waals surface area contributed by atoms with Crippen LogP contribution in [0.1, 0.15) is 98.4 Å². The minimum Gasteiger partial charge on any atom is -0.473 e. The summed E-state index contributed by atoms with van der Waals surface area (Å²) in [6, 6.07) is 8.98. The topological polar surface area (TPSA) is 27.7 Å². The molecule has 0 spiro atoms. The lowest BCUT2D eigenvalue weighted by atomic mass is 9.72. The number of benzene rings is 2. The van der Waals surface area contributed by atoms with Crippen LogP contribution in [-0.4, -0.2) is 11.8 Å². The predicted molar refractivity (Wildman–Crippen MR) is 146 cm³/mol. The van der Waals surface area contributed by atoms with Crippen LogP contribution in [-0.2, 0) is 16.2 Å². The van der Waals surface area contributed by atoms with Gasteiger partial charge in [0.1, 0.15) is 0 Å². The molecule has 33 heavy (non-hydrogen) atoms. The zero-order valence-corrected chi connectivity index (χ0v) is 24.3. The Labute approximate surface area is 205 Å². The quantitative estimate of drug-likeness (QED) is 0.380. The highest BCUT2D eigenvalue weighted by molar-refractivity contribution is 7.33. The standard InChI is InChI=1S/C28H42O3P2/c1-12-32-30-22-15-18(26(4,5)6)13-20-24(22)29-25-21(28(20,10)11)14-19(27(7,8)9)16-23(25)31-33-17(2)3/h13-17,32-33H,12H2,1-11H3. The summed E-state index contributed by atoms with van der Waals surface area (Å²) in [7, 11) is 0.783. The Kier molecular flexibility index (Phi) is 7.49. The lowest BCUT2D eigenvalue weighted by Gasteiger charge is -2.38. The molecule has 5 heteroatoms. The SMILES string of the molecule is CCPOc1cc(C(C)(C)C)cc2c1Oc1c(OPC(C)C)cc(C(C)(C)C)cc1C2(C)C. The summed E-state index contributed by atoms with van der Waals surface area (Å²) in [4.78, 5) is 0. The van der Waals surface area contributed by atoms with Crippen LogP contribution in [0, 0.1) is 0 Å². The summed E-state index contributed by atoms with van der Waals surface area (Å²) in [5, 5.41) is 0. The van der Waals surface area contributed by atoms with Crippen LogP contribution in [0.2, 0.25) is 0 Å². The fourth-order valence-corrected chi connectivity index (χ4v) is 4.91. The van der Waals surface area contributed by atoms with Crippen molar-refractivity contribution in [2.24, 2.45) is 0 Å². The van der Waals surface area contributed by atoms with Gasteiger partial charge in [-0.15, -0.1) is 0 Å². The normalized spacial score (nSPS) is 15.8. The third-order valence-corrected chi connectivity index (χ3v) is 7.59. The maximum absolute atomic E-state index is 6.70. The van der Waals surface area contributed by atoms with E-state index < -0.39 is 0 Å². The number of hydrogen-bond donors (Lipinski definition) is 0. The van der Waals surface area contributed by atoms with Crippen molar-refractivity contribution in [3.63, 3.8) is 0 Å². The van der Waals surface area contributed by atoms with Gasteiger partial charge in [-0.1, -0.05) is 88.3 Å². The third kappa shape index (κ3) is 5.52. The van der Waals surface area contributed by atoms with Gasteiger partial charge < -0.3 is 13.8 Å². The third-order valence-electron chi connectivity index (χ3n) is 6.12. The zero-order chi connectivity index (χ0) is 24.8. The van der Waals surface area contributed by atoms with E-state index in [-0.39, 0.29) is 16.2 Å². The highest BCUT2D eigenvalue weighted by atomic mass is 31.1. The van der Waals surface area contributed by atoms with Crippen molar-refractivity contribution < 1.29 is 13.8 Å². The van der Waals surface area contributed by atoms with E-state index in [1.165, 1.54) is 22.3 Å². The zero-order valence-electron chi connectivity index (χ0n) is 22.3. The second-order valence-corrected chi connectivity index (χ2v) is 14.7. The van der Waals surface area contributed by atoms with Crippen molar-refractivity contribution in [2.45, 2.75) is 98.1 Å². The van der Waals surface area contributed by atoms with Crippen LogP contribution in [0.4, 0.5) is 0 Å². The van der Waals surface area contributed by atoms with Gasteiger partial charge in [-0.25, -0.2) is 0 Å². The van der Waals surface area contributed by atoms with Crippen molar-refractivity contribution >= 4 is 17.6 Å². The molecular formula is C28H42O3P2. The van der Waals surface area contributed by atoms with E-state index in [0.29, 0.717) is 23.3 Å².